The summed E-state index contributed by atoms with van der Waals surface area (Å²) in [6.45, 7) is 4.63. The molecule has 0 saturated carbocycles. The fourth-order valence-corrected chi connectivity index (χ4v) is 7.32. The lowest BCUT2D eigenvalue weighted by Crippen LogP contribution is -2.50. The van der Waals surface area contributed by atoms with Crippen LogP contribution in [0.5, 0.6) is 0 Å². The number of rotatable bonds is 5. The first-order valence-electron chi connectivity index (χ1n) is 13.8. The molecule has 2 unspecified atom stereocenters. The Morgan fingerprint density at radius 1 is 0.950 bits per heavy atom. The van der Waals surface area contributed by atoms with Crippen molar-refractivity contribution in [2.45, 2.75) is 44.7 Å². The number of fused-ring (bicyclic) bond motifs is 3. The van der Waals surface area contributed by atoms with E-state index in [0.717, 1.165) is 52.8 Å². The summed E-state index contributed by atoms with van der Waals surface area (Å²) in [5.74, 6) is 1.78. The monoisotopic (exact) mass is 546 g/mol. The maximum Gasteiger partial charge on any atom is 0.248 e. The van der Waals surface area contributed by atoms with Crippen LogP contribution in [0.25, 0.3) is 6.08 Å². The summed E-state index contributed by atoms with van der Waals surface area (Å²) in [5, 5.41) is 5.46. The molecular formula is C32H30N6OS. The number of amidine groups is 2. The molecule has 0 saturated heterocycles. The molecule has 0 fully saturated rings. The normalized spacial score (nSPS) is 23.1. The number of nitrogens with zero attached hydrogens (tertiary/aromatic N) is 6. The number of benzene rings is 1. The summed E-state index contributed by atoms with van der Waals surface area (Å²) < 4.78 is 6.21. The number of hydrazine groups is 1. The smallest absolute Gasteiger partial charge is 0.248 e. The average molecular weight is 547 g/mol. The summed E-state index contributed by atoms with van der Waals surface area (Å²) in [6, 6.07) is 18.7. The van der Waals surface area contributed by atoms with Gasteiger partial charge in [0.05, 0.1) is 16.5 Å². The van der Waals surface area contributed by atoms with Crippen molar-refractivity contribution in [3.05, 3.63) is 118 Å². The Morgan fingerprint density at radius 2 is 1.70 bits per heavy atom. The van der Waals surface area contributed by atoms with Gasteiger partial charge < -0.3 is 4.74 Å². The molecule has 0 N–H and O–H groups in total. The molecule has 2 atom stereocenters. The van der Waals surface area contributed by atoms with Gasteiger partial charge in [0.25, 0.3) is 0 Å². The summed E-state index contributed by atoms with van der Waals surface area (Å²) >= 11 is 1.83. The number of anilines is 1. The van der Waals surface area contributed by atoms with Gasteiger partial charge in [0.1, 0.15) is 10.9 Å². The molecule has 7 nitrogen and oxygen atoms in total. The van der Waals surface area contributed by atoms with E-state index in [4.69, 9.17) is 14.7 Å². The van der Waals surface area contributed by atoms with Gasteiger partial charge in [-0.25, -0.2) is 20.0 Å². The lowest BCUT2D eigenvalue weighted by Gasteiger charge is -2.41. The van der Waals surface area contributed by atoms with Crippen LogP contribution in [-0.4, -0.2) is 39.6 Å². The number of hydrogen-bond donors (Lipinski definition) is 0. The first-order valence-corrected chi connectivity index (χ1v) is 14.7. The van der Waals surface area contributed by atoms with E-state index in [-0.39, 0.29) is 5.25 Å². The van der Waals surface area contributed by atoms with Gasteiger partial charge >= 0.3 is 0 Å². The number of aromatic nitrogens is 2. The first-order chi connectivity index (χ1) is 19.7. The second-order valence-electron chi connectivity index (χ2n) is 10.0. The van der Waals surface area contributed by atoms with Gasteiger partial charge in [-0.3, -0.25) is 9.97 Å². The van der Waals surface area contributed by atoms with E-state index in [0.29, 0.717) is 6.61 Å². The van der Waals surface area contributed by atoms with Gasteiger partial charge in [-0.2, -0.15) is 0 Å². The summed E-state index contributed by atoms with van der Waals surface area (Å²) in [7, 11) is 0. The quantitative estimate of drug-likeness (QED) is 0.346. The number of pyridine rings is 2. The highest BCUT2D eigenvalue weighted by Gasteiger charge is 2.46. The Kier molecular flexibility index (Phi) is 6.57. The van der Waals surface area contributed by atoms with Crippen LogP contribution >= 0.6 is 11.8 Å². The van der Waals surface area contributed by atoms with Gasteiger partial charge in [-0.15, -0.1) is 0 Å². The molecule has 40 heavy (non-hydrogen) atoms. The fourth-order valence-electron chi connectivity index (χ4n) is 5.93. The largest absolute Gasteiger partial charge is 0.338 e. The van der Waals surface area contributed by atoms with E-state index >= 15 is 0 Å². The Balaban J connectivity index is 1.42. The second-order valence-corrected chi connectivity index (χ2v) is 11.1. The minimum atomic E-state index is -0.470. The van der Waals surface area contributed by atoms with Gasteiger partial charge in [-0.05, 0) is 97.4 Å². The Labute approximate surface area is 238 Å². The third-order valence-corrected chi connectivity index (χ3v) is 8.90. The van der Waals surface area contributed by atoms with Gasteiger partial charge in [0.2, 0.25) is 6.35 Å². The summed E-state index contributed by atoms with van der Waals surface area (Å²) in [6.07, 6.45) is 12.5. The van der Waals surface area contributed by atoms with Gasteiger partial charge in [-0.1, -0.05) is 36.0 Å². The molecule has 0 spiro atoms. The summed E-state index contributed by atoms with van der Waals surface area (Å²) in [5.41, 5.74) is 8.57. The third-order valence-electron chi connectivity index (χ3n) is 7.59. The molecule has 1 aliphatic carbocycles. The van der Waals surface area contributed by atoms with Crippen molar-refractivity contribution in [3.63, 3.8) is 0 Å². The number of ether oxygens (including phenoxy) is 1. The van der Waals surface area contributed by atoms with Gasteiger partial charge in [0, 0.05) is 31.4 Å². The van der Waals surface area contributed by atoms with E-state index in [1.54, 1.807) is 0 Å². The molecule has 3 aromatic rings. The first kappa shape index (κ1) is 25.0. The number of thioether (sulfide) groups is 1. The lowest BCUT2D eigenvalue weighted by molar-refractivity contribution is 0.0606. The minimum Gasteiger partial charge on any atom is -0.338 e. The molecule has 5 heterocycles. The number of aliphatic imine (C=N–C) groups is 2. The predicted molar refractivity (Wildman–Crippen MR) is 161 cm³/mol. The van der Waals surface area contributed by atoms with Crippen molar-refractivity contribution < 1.29 is 4.74 Å². The lowest BCUT2D eigenvalue weighted by atomic mass is 9.79. The topological polar surface area (TPSA) is 66.2 Å². The van der Waals surface area contributed by atoms with E-state index in [2.05, 4.69) is 69.4 Å². The van der Waals surface area contributed by atoms with Crippen LogP contribution in [0, 0.1) is 0 Å². The third kappa shape index (κ3) is 4.28. The summed E-state index contributed by atoms with van der Waals surface area (Å²) in [4.78, 5) is 19.0. The fraction of sp³-hybridized carbons (Fsp3) is 0.250. The molecular weight excluding hydrogens is 516 g/mol. The maximum atomic E-state index is 6.21. The molecule has 1 aromatic carbocycles. The minimum absolute atomic E-state index is 0.177. The highest BCUT2D eigenvalue weighted by Crippen LogP contribution is 2.56. The van der Waals surface area contributed by atoms with Crippen LogP contribution in [0.2, 0.25) is 0 Å². The molecule has 7 rings (SSSR count). The van der Waals surface area contributed by atoms with Crippen molar-refractivity contribution in [1.29, 1.82) is 0 Å². The van der Waals surface area contributed by atoms with Crippen LogP contribution in [0.15, 0.2) is 117 Å². The van der Waals surface area contributed by atoms with Crippen molar-refractivity contribution in [3.8, 4) is 0 Å². The van der Waals surface area contributed by atoms with Crippen LogP contribution in [0.3, 0.4) is 0 Å². The van der Waals surface area contributed by atoms with Crippen LogP contribution in [-0.2, 0) is 4.74 Å². The van der Waals surface area contributed by atoms with Crippen LogP contribution in [0.4, 0.5) is 5.69 Å². The number of para-hydroxylation sites is 1. The predicted octanol–water partition coefficient (Wildman–Crippen LogP) is 6.93. The highest BCUT2D eigenvalue weighted by atomic mass is 32.2. The van der Waals surface area contributed by atoms with Crippen molar-refractivity contribution >= 4 is 35.2 Å². The molecule has 0 amide bonds. The molecule has 0 radical (unpaired) electrons. The number of allylic oxidation sites excluding steroid dienone is 1. The van der Waals surface area contributed by atoms with Crippen molar-refractivity contribution in [2.75, 3.05) is 11.6 Å². The molecule has 4 aliphatic rings. The van der Waals surface area contributed by atoms with Gasteiger partial charge in [0.15, 0.2) is 5.84 Å². The van der Waals surface area contributed by atoms with Crippen LogP contribution < -0.4 is 5.01 Å². The highest BCUT2D eigenvalue weighted by molar-refractivity contribution is 8.03. The maximum absolute atomic E-state index is 6.21. The Hall–Kier alpha value is -4.01. The van der Waals surface area contributed by atoms with Crippen molar-refractivity contribution in [2.24, 2.45) is 9.98 Å². The standard InChI is InChI=1S/C32H30N6OS/c1-3-39-32-36-30-28-27-24(20-22-12-16-33-17-13-22)8-7-11-26(27)29(23-14-18-34-19-15-23)40-31(28)35-21(2)37(30)38(32)25-9-5-4-6-10-25/h4-6,9-10,12-20,29,32H,3,7-8,11H2,1-2H3/b24-20+. The van der Waals surface area contributed by atoms with E-state index < -0.39 is 6.35 Å². The molecule has 0 bridgehead atoms. The zero-order valence-electron chi connectivity index (χ0n) is 22.6. The second kappa shape index (κ2) is 10.5. The van der Waals surface area contributed by atoms with Crippen LogP contribution in [0.1, 0.15) is 49.5 Å². The van der Waals surface area contributed by atoms with Crippen molar-refractivity contribution in [1.82, 2.24) is 15.0 Å². The molecule has 3 aliphatic heterocycles. The average Bonchev–Trinajstić information content (AvgIpc) is 3.38. The molecule has 8 heteroatoms. The Bertz CT molecular complexity index is 1580. The zero-order valence-corrected chi connectivity index (χ0v) is 23.4. The molecule has 200 valence electrons. The van der Waals surface area contributed by atoms with E-state index in [1.165, 1.54) is 22.3 Å². The number of hydrogen-bond acceptors (Lipinski definition) is 8. The zero-order chi connectivity index (χ0) is 27.1. The van der Waals surface area contributed by atoms with E-state index in [1.807, 2.05) is 61.7 Å². The molecule has 2 aromatic heterocycles. The Morgan fingerprint density at radius 3 is 2.45 bits per heavy atom. The van der Waals surface area contributed by atoms with E-state index in [9.17, 15) is 0 Å². The SMILES string of the molecule is CCOC1N=C2C3=C(N=C(C)N2N1c1ccccc1)SC(c1ccncc1)C1=C3/C(=C/c2ccncc2)CCC1.